The SMILES string of the molecule is CC(=O)[O-].CC(O)C(=O)[O-].[Na+].[Na+]. The zero-order valence-electron chi connectivity index (χ0n) is 7.66. The average Bonchev–Trinajstić information content (AvgIpc) is 1.63. The van der Waals surface area contributed by atoms with E-state index in [1.165, 1.54) is 0 Å². The maximum absolute atomic E-state index is 9.34. The average molecular weight is 194 g/mol. The van der Waals surface area contributed by atoms with Crippen molar-refractivity contribution in [1.82, 2.24) is 0 Å². The van der Waals surface area contributed by atoms with Crippen molar-refractivity contribution < 1.29 is 84.0 Å². The van der Waals surface area contributed by atoms with Crippen LogP contribution < -0.4 is 69.3 Å². The van der Waals surface area contributed by atoms with Gasteiger partial charge in [-0.2, -0.15) is 0 Å². The van der Waals surface area contributed by atoms with Crippen molar-refractivity contribution >= 4 is 11.9 Å². The third kappa shape index (κ3) is 44.5. The van der Waals surface area contributed by atoms with Crippen molar-refractivity contribution in [2.75, 3.05) is 0 Å². The van der Waals surface area contributed by atoms with Crippen molar-refractivity contribution in [3.05, 3.63) is 0 Å². The number of carbonyl (C=O) groups excluding carboxylic acids is 2. The molecule has 0 fully saturated rings. The zero-order chi connectivity index (χ0) is 8.73. The summed E-state index contributed by atoms with van der Waals surface area (Å²) < 4.78 is 0. The molecule has 0 bridgehead atoms. The zero-order valence-corrected chi connectivity index (χ0v) is 11.7. The molecule has 0 aliphatic carbocycles. The van der Waals surface area contributed by atoms with Gasteiger partial charge in [-0.25, -0.2) is 0 Å². The van der Waals surface area contributed by atoms with E-state index in [9.17, 15) is 9.90 Å². The minimum Gasteiger partial charge on any atom is -0.550 e. The first kappa shape index (κ1) is 23.1. The molecule has 0 radical (unpaired) electrons. The maximum atomic E-state index is 9.34. The second-order valence-electron chi connectivity index (χ2n) is 1.49. The predicted octanol–water partition coefficient (Wildman–Crippen LogP) is -9.12. The summed E-state index contributed by atoms with van der Waals surface area (Å²) in [4.78, 5) is 18.2. The van der Waals surface area contributed by atoms with Gasteiger partial charge in [0, 0.05) is 5.97 Å². The number of carboxylic acid groups (broad SMARTS) is 2. The third-order valence-electron chi connectivity index (χ3n) is 0.341. The molecule has 1 unspecified atom stereocenters. The summed E-state index contributed by atoms with van der Waals surface area (Å²) in [6.45, 7) is 2.11. The fraction of sp³-hybridized carbons (Fsp3) is 0.600. The Morgan fingerprint density at radius 3 is 1.33 bits per heavy atom. The molecule has 0 saturated heterocycles. The van der Waals surface area contributed by atoms with Gasteiger partial charge in [0.1, 0.15) is 0 Å². The van der Waals surface area contributed by atoms with Crippen LogP contribution in [-0.2, 0) is 9.59 Å². The van der Waals surface area contributed by atoms with Crippen molar-refractivity contribution in [1.29, 1.82) is 0 Å². The number of rotatable bonds is 1. The van der Waals surface area contributed by atoms with Crippen molar-refractivity contribution in [3.63, 3.8) is 0 Å². The molecule has 0 aliphatic rings. The standard InChI is InChI=1S/C3H6O3.C2H4O2.2Na/c1-2(4)3(5)6;1-2(3)4;;/h2,4H,1H3,(H,5,6);1H3,(H,3,4);;/q;;2*+1/p-2. The molecule has 0 aromatic carbocycles. The largest absolute Gasteiger partial charge is 1.00 e. The number of aliphatic hydroxyl groups excluding tert-OH is 1. The summed E-state index contributed by atoms with van der Waals surface area (Å²) in [5.74, 6) is -2.52. The van der Waals surface area contributed by atoms with Crippen LogP contribution in [0.3, 0.4) is 0 Å². The summed E-state index contributed by atoms with van der Waals surface area (Å²) >= 11 is 0. The molecular weight excluding hydrogens is 186 g/mol. The number of hydrogen-bond donors (Lipinski definition) is 1. The second kappa shape index (κ2) is 14.4. The molecule has 0 heterocycles. The molecule has 1 atom stereocenters. The maximum Gasteiger partial charge on any atom is 1.00 e. The van der Waals surface area contributed by atoms with Crippen LogP contribution in [0, 0.1) is 0 Å². The number of aliphatic hydroxyl groups is 1. The smallest absolute Gasteiger partial charge is 0.550 e. The van der Waals surface area contributed by atoms with E-state index in [0.717, 1.165) is 13.8 Å². The van der Waals surface area contributed by atoms with E-state index in [4.69, 9.17) is 15.0 Å². The fourth-order valence-electron chi connectivity index (χ4n) is 0. The van der Waals surface area contributed by atoms with Crippen LogP contribution in [-0.4, -0.2) is 23.1 Å². The van der Waals surface area contributed by atoms with Gasteiger partial charge in [-0.15, -0.1) is 0 Å². The van der Waals surface area contributed by atoms with Crippen molar-refractivity contribution in [2.24, 2.45) is 0 Å². The van der Waals surface area contributed by atoms with E-state index in [-0.39, 0.29) is 59.1 Å². The number of hydrogen-bond acceptors (Lipinski definition) is 5. The third-order valence-corrected chi connectivity index (χ3v) is 0.341. The van der Waals surface area contributed by atoms with E-state index >= 15 is 0 Å². The van der Waals surface area contributed by atoms with E-state index in [0.29, 0.717) is 0 Å². The van der Waals surface area contributed by atoms with Crippen molar-refractivity contribution in [3.8, 4) is 0 Å². The van der Waals surface area contributed by atoms with Crippen LogP contribution in [0.2, 0.25) is 0 Å². The molecule has 0 amide bonds. The molecule has 1 N–H and O–H groups in total. The van der Waals surface area contributed by atoms with Gasteiger partial charge in [0.25, 0.3) is 0 Å². The van der Waals surface area contributed by atoms with Crippen LogP contribution >= 0.6 is 0 Å². The minimum atomic E-state index is -1.44. The van der Waals surface area contributed by atoms with Crippen molar-refractivity contribution in [2.45, 2.75) is 20.0 Å². The molecule has 12 heavy (non-hydrogen) atoms. The molecule has 0 aliphatic heterocycles. The first-order valence-corrected chi connectivity index (χ1v) is 2.44. The monoisotopic (exact) mass is 194 g/mol. The van der Waals surface area contributed by atoms with Gasteiger partial charge in [0.15, 0.2) is 0 Å². The molecule has 0 aromatic rings. The summed E-state index contributed by atoms with van der Waals surface area (Å²) in [6.07, 6.45) is -1.34. The van der Waals surface area contributed by atoms with Gasteiger partial charge in [0.2, 0.25) is 0 Å². The minimum absolute atomic E-state index is 0. The molecule has 0 saturated carbocycles. The normalized spacial score (nSPS) is 8.92. The van der Waals surface area contributed by atoms with E-state index in [1.54, 1.807) is 0 Å². The Morgan fingerprint density at radius 1 is 1.25 bits per heavy atom. The Kier molecular flexibility index (Phi) is 27.7. The second-order valence-corrected chi connectivity index (χ2v) is 1.49. The number of carboxylic acids is 2. The number of aliphatic carboxylic acids is 2. The van der Waals surface area contributed by atoms with Gasteiger partial charge < -0.3 is 24.9 Å². The first-order chi connectivity index (χ1) is 4.37. The molecule has 0 spiro atoms. The van der Waals surface area contributed by atoms with Crippen LogP contribution in [0.1, 0.15) is 13.8 Å². The Balaban J connectivity index is -0.0000000483. The van der Waals surface area contributed by atoms with Gasteiger partial charge in [-0.1, -0.05) is 0 Å². The van der Waals surface area contributed by atoms with Crippen LogP contribution in [0.4, 0.5) is 0 Å². The van der Waals surface area contributed by atoms with Crippen LogP contribution in [0.5, 0.6) is 0 Å². The fourth-order valence-corrected chi connectivity index (χ4v) is 0. The summed E-state index contributed by atoms with van der Waals surface area (Å²) in [6, 6.07) is 0. The Bertz CT molecular complexity index is 121. The number of carbonyl (C=O) groups is 2. The molecule has 60 valence electrons. The summed E-state index contributed by atoms with van der Waals surface area (Å²) in [5, 5.41) is 26.2. The van der Waals surface area contributed by atoms with Gasteiger partial charge >= 0.3 is 59.1 Å². The van der Waals surface area contributed by atoms with E-state index < -0.39 is 18.0 Å². The molecular formula is C5H8Na2O5. The van der Waals surface area contributed by atoms with Gasteiger partial charge in [-0.3, -0.25) is 0 Å². The topological polar surface area (TPSA) is 100 Å². The van der Waals surface area contributed by atoms with Gasteiger partial charge in [0.05, 0.1) is 12.1 Å². The van der Waals surface area contributed by atoms with Crippen LogP contribution in [0.15, 0.2) is 0 Å². The summed E-state index contributed by atoms with van der Waals surface area (Å²) in [5.41, 5.74) is 0. The quantitative estimate of drug-likeness (QED) is 0.418. The first-order valence-electron chi connectivity index (χ1n) is 2.44. The Morgan fingerprint density at radius 2 is 1.33 bits per heavy atom. The Hall–Kier alpha value is 0.900. The Labute approximate surface area is 115 Å². The molecule has 5 nitrogen and oxygen atoms in total. The summed E-state index contributed by atoms with van der Waals surface area (Å²) in [7, 11) is 0. The molecule has 7 heteroatoms. The van der Waals surface area contributed by atoms with E-state index in [2.05, 4.69) is 0 Å². The molecule has 0 aromatic heterocycles. The predicted molar refractivity (Wildman–Crippen MR) is 27.4 cm³/mol. The van der Waals surface area contributed by atoms with Gasteiger partial charge in [-0.05, 0) is 13.8 Å². The van der Waals surface area contributed by atoms with Crippen LogP contribution in [0.25, 0.3) is 0 Å². The molecule has 0 rings (SSSR count). The van der Waals surface area contributed by atoms with E-state index in [1.807, 2.05) is 0 Å².